The second kappa shape index (κ2) is 6.95. The number of hydrogen-bond acceptors (Lipinski definition) is 9. The van der Waals surface area contributed by atoms with Crippen LogP contribution in [-0.2, 0) is 13.7 Å². The second-order valence-corrected chi connectivity index (χ2v) is 6.59. The van der Waals surface area contributed by atoms with Gasteiger partial charge in [-0.1, -0.05) is 0 Å². The summed E-state index contributed by atoms with van der Waals surface area (Å²) in [4.78, 5) is 17.3. The van der Waals surface area contributed by atoms with Crippen LogP contribution in [0.15, 0.2) is 33.6 Å². The average Bonchev–Trinajstić information content (AvgIpc) is 3.18. The molecule has 2 aromatic heterocycles. The van der Waals surface area contributed by atoms with Gasteiger partial charge in [0.2, 0.25) is 5.16 Å². The molecule has 2 heterocycles. The summed E-state index contributed by atoms with van der Waals surface area (Å²) in [6.07, 6.45) is 0. The lowest BCUT2D eigenvalue weighted by Crippen LogP contribution is -2.14. The van der Waals surface area contributed by atoms with Crippen LogP contribution in [0, 0.1) is 0 Å². The topological polar surface area (TPSA) is 132 Å². The molecule has 3 rings (SSSR count). The first-order valence-electron chi connectivity index (χ1n) is 6.73. The van der Waals surface area contributed by atoms with Crippen molar-refractivity contribution in [1.29, 1.82) is 0 Å². The van der Waals surface area contributed by atoms with Crippen LogP contribution in [0.3, 0.4) is 0 Å². The number of amides is 1. The van der Waals surface area contributed by atoms with Crippen molar-refractivity contribution in [3.05, 3.63) is 34.8 Å². The number of aliphatic hydroxyl groups is 1. The Kier molecular flexibility index (Phi) is 4.74. The molecular weight excluding hydrogens is 350 g/mol. The summed E-state index contributed by atoms with van der Waals surface area (Å²) in [5.74, 6) is -0.370. The number of nitrogens with two attached hydrogens (primary N) is 1. The van der Waals surface area contributed by atoms with E-state index in [1.807, 2.05) is 0 Å². The third-order valence-corrected chi connectivity index (χ3v) is 4.82. The zero-order valence-electron chi connectivity index (χ0n) is 12.5. The Labute approximate surface area is 144 Å². The Balaban J connectivity index is 1.80. The van der Waals surface area contributed by atoms with Crippen molar-refractivity contribution in [2.75, 3.05) is 11.1 Å². The molecule has 124 valence electrons. The quantitative estimate of drug-likeness (QED) is 0.575. The second-order valence-electron chi connectivity index (χ2n) is 4.69. The minimum atomic E-state index is -0.370. The molecule has 1 amide bonds. The van der Waals surface area contributed by atoms with Gasteiger partial charge in [-0.15, -0.1) is 16.4 Å². The molecule has 4 N–H and O–H groups in total. The zero-order valence-corrected chi connectivity index (χ0v) is 14.1. The predicted octanol–water partition coefficient (Wildman–Crippen LogP) is 1.14. The monoisotopic (exact) mass is 363 g/mol. The number of aryl methyl sites for hydroxylation is 1. The van der Waals surface area contributed by atoms with E-state index in [1.165, 1.54) is 27.8 Å². The lowest BCUT2D eigenvalue weighted by Gasteiger charge is -2.07. The van der Waals surface area contributed by atoms with Gasteiger partial charge in [-0.05, 0) is 40.4 Å². The number of anilines is 2. The van der Waals surface area contributed by atoms with Crippen LogP contribution in [0.25, 0.3) is 0 Å². The summed E-state index contributed by atoms with van der Waals surface area (Å²) in [6.45, 7) is -0.174. The number of hydrogen-bond donors (Lipinski definition) is 3. The largest absolute Gasteiger partial charge is 0.398 e. The van der Waals surface area contributed by atoms with Gasteiger partial charge in [-0.3, -0.25) is 10.1 Å². The smallest absolute Gasteiger partial charge is 0.259 e. The fourth-order valence-electron chi connectivity index (χ4n) is 1.81. The van der Waals surface area contributed by atoms with Crippen molar-refractivity contribution in [1.82, 2.24) is 25.2 Å². The molecule has 0 aliphatic carbocycles. The number of tetrazole rings is 1. The molecule has 3 aromatic rings. The third kappa shape index (κ3) is 3.53. The maximum atomic E-state index is 12.4. The molecule has 0 aliphatic rings. The minimum absolute atomic E-state index is 0.174. The first-order valence-corrected chi connectivity index (χ1v) is 8.43. The molecule has 9 nitrogen and oxygen atoms in total. The molecule has 0 saturated heterocycles. The summed E-state index contributed by atoms with van der Waals surface area (Å²) < 4.78 is 1.53. The molecule has 24 heavy (non-hydrogen) atoms. The van der Waals surface area contributed by atoms with Crippen molar-refractivity contribution < 1.29 is 9.90 Å². The summed E-state index contributed by atoms with van der Waals surface area (Å²) >= 11 is 2.55. The predicted molar refractivity (Wildman–Crippen MR) is 89.8 cm³/mol. The Morgan fingerprint density at radius 1 is 1.50 bits per heavy atom. The van der Waals surface area contributed by atoms with E-state index in [1.54, 1.807) is 30.6 Å². The van der Waals surface area contributed by atoms with Crippen molar-refractivity contribution in [2.24, 2.45) is 7.05 Å². The Hall–Kier alpha value is -2.50. The van der Waals surface area contributed by atoms with E-state index < -0.39 is 0 Å². The Bertz CT molecular complexity index is 877. The van der Waals surface area contributed by atoms with E-state index in [2.05, 4.69) is 25.8 Å². The van der Waals surface area contributed by atoms with E-state index in [0.717, 1.165) is 4.90 Å². The maximum absolute atomic E-state index is 12.4. The highest BCUT2D eigenvalue weighted by molar-refractivity contribution is 7.99. The molecule has 0 radical (unpaired) electrons. The number of nitrogens with zero attached hydrogens (tertiary/aromatic N) is 5. The molecule has 0 fully saturated rings. The average molecular weight is 363 g/mol. The van der Waals surface area contributed by atoms with E-state index in [-0.39, 0.29) is 12.5 Å². The number of aliphatic hydroxyl groups excluding tert-OH is 1. The minimum Gasteiger partial charge on any atom is -0.398 e. The van der Waals surface area contributed by atoms with Gasteiger partial charge in [-0.2, -0.15) is 0 Å². The number of rotatable bonds is 5. The molecule has 11 heteroatoms. The lowest BCUT2D eigenvalue weighted by molar-refractivity contribution is 0.102. The zero-order chi connectivity index (χ0) is 17.1. The van der Waals surface area contributed by atoms with E-state index in [4.69, 9.17) is 10.8 Å². The van der Waals surface area contributed by atoms with Gasteiger partial charge in [0.15, 0.2) is 5.13 Å². The van der Waals surface area contributed by atoms with Gasteiger partial charge in [0.05, 0.1) is 17.9 Å². The summed E-state index contributed by atoms with van der Waals surface area (Å²) in [7, 11) is 1.73. The van der Waals surface area contributed by atoms with E-state index in [9.17, 15) is 4.79 Å². The molecule has 1 aromatic carbocycles. The lowest BCUT2D eigenvalue weighted by atomic mass is 10.1. The SMILES string of the molecule is Cn1nnnc1Sc1ccc(N)c(C(=O)Nc2nc(CO)cs2)c1. The van der Waals surface area contributed by atoms with Gasteiger partial charge in [0.25, 0.3) is 5.91 Å². The molecule has 0 atom stereocenters. The van der Waals surface area contributed by atoms with Crippen molar-refractivity contribution in [3.8, 4) is 0 Å². The highest BCUT2D eigenvalue weighted by Crippen LogP contribution is 2.28. The van der Waals surface area contributed by atoms with E-state index >= 15 is 0 Å². The van der Waals surface area contributed by atoms with Gasteiger partial charge in [-0.25, -0.2) is 9.67 Å². The summed E-state index contributed by atoms with van der Waals surface area (Å²) in [5, 5.41) is 25.6. The number of carbonyl (C=O) groups excluding carboxylic acids is 1. The number of aromatic nitrogens is 5. The molecule has 0 saturated carbocycles. The summed E-state index contributed by atoms with van der Waals surface area (Å²) in [6, 6.07) is 5.12. The van der Waals surface area contributed by atoms with Crippen LogP contribution in [0.4, 0.5) is 10.8 Å². The van der Waals surface area contributed by atoms with Crippen molar-refractivity contribution in [2.45, 2.75) is 16.7 Å². The first-order chi connectivity index (χ1) is 11.6. The normalized spacial score (nSPS) is 10.8. The molecule has 0 bridgehead atoms. The number of thiazole rings is 1. The molecular formula is C13H13N7O2S2. The van der Waals surface area contributed by atoms with Crippen LogP contribution < -0.4 is 11.1 Å². The fourth-order valence-corrected chi connectivity index (χ4v) is 3.28. The van der Waals surface area contributed by atoms with Crippen molar-refractivity contribution in [3.63, 3.8) is 0 Å². The number of carbonyl (C=O) groups is 1. The van der Waals surface area contributed by atoms with Crippen molar-refractivity contribution >= 4 is 39.8 Å². The summed E-state index contributed by atoms with van der Waals surface area (Å²) in [5.41, 5.74) is 7.09. The Morgan fingerprint density at radius 2 is 2.33 bits per heavy atom. The molecule has 0 spiro atoms. The van der Waals surface area contributed by atoms with Crippen LogP contribution in [0.1, 0.15) is 16.1 Å². The van der Waals surface area contributed by atoms with Gasteiger partial charge >= 0.3 is 0 Å². The number of nitrogen functional groups attached to an aromatic ring is 1. The molecule has 0 unspecified atom stereocenters. The number of nitrogens with one attached hydrogen (secondary N) is 1. The van der Waals surface area contributed by atoms with Crippen LogP contribution in [0.5, 0.6) is 0 Å². The molecule has 0 aliphatic heterocycles. The van der Waals surface area contributed by atoms with Gasteiger partial charge < -0.3 is 10.8 Å². The third-order valence-electron chi connectivity index (χ3n) is 2.99. The fraction of sp³-hybridized carbons (Fsp3) is 0.154. The van der Waals surface area contributed by atoms with Crippen LogP contribution in [0.2, 0.25) is 0 Å². The van der Waals surface area contributed by atoms with Crippen LogP contribution in [-0.4, -0.2) is 36.2 Å². The van der Waals surface area contributed by atoms with Gasteiger partial charge in [0.1, 0.15) is 0 Å². The van der Waals surface area contributed by atoms with E-state index in [0.29, 0.717) is 27.2 Å². The maximum Gasteiger partial charge on any atom is 0.259 e. The van der Waals surface area contributed by atoms with Gasteiger partial charge in [0, 0.05) is 23.0 Å². The standard InChI is InChI=1S/C13H13N7O2S2/c1-20-13(17-18-19-20)24-8-2-3-10(14)9(4-8)11(22)16-12-15-7(5-21)6-23-12/h2-4,6,21H,5,14H2,1H3,(H,15,16,22). The first kappa shape index (κ1) is 16.4. The number of benzene rings is 1. The highest BCUT2D eigenvalue weighted by atomic mass is 32.2. The highest BCUT2D eigenvalue weighted by Gasteiger charge is 2.14. The Morgan fingerprint density at radius 3 is 3.00 bits per heavy atom. The van der Waals surface area contributed by atoms with Crippen LogP contribution >= 0.6 is 23.1 Å².